The zero-order chi connectivity index (χ0) is 27.7. The Balaban J connectivity index is 1.56. The number of carbonyl (C=O) groups excluding carboxylic acids is 2. The van der Waals surface area contributed by atoms with E-state index in [9.17, 15) is 24.9 Å². The molecule has 2 aromatic rings. The molecular formula is C28H34BN3O6. The Labute approximate surface area is 223 Å². The van der Waals surface area contributed by atoms with Crippen LogP contribution in [0.4, 0.5) is 4.79 Å². The molecule has 0 saturated carbocycles. The molecule has 2 aromatic carbocycles. The fourth-order valence-electron chi connectivity index (χ4n) is 4.35. The molecule has 3 atom stereocenters. The van der Waals surface area contributed by atoms with Gasteiger partial charge in [0.15, 0.2) is 0 Å². The molecule has 200 valence electrons. The zero-order valence-electron chi connectivity index (χ0n) is 22.0. The molecular weight excluding hydrogens is 485 g/mol. The highest BCUT2D eigenvalue weighted by molar-refractivity contribution is 6.43. The van der Waals surface area contributed by atoms with Crippen molar-refractivity contribution in [3.63, 3.8) is 0 Å². The molecule has 0 aromatic heterocycles. The van der Waals surface area contributed by atoms with Gasteiger partial charge in [0.1, 0.15) is 11.6 Å². The molecule has 9 nitrogen and oxygen atoms in total. The number of nitrogens with zero attached hydrogens (tertiary/aromatic N) is 2. The van der Waals surface area contributed by atoms with Crippen LogP contribution in [0.3, 0.4) is 0 Å². The van der Waals surface area contributed by atoms with E-state index in [1.165, 1.54) is 0 Å². The van der Waals surface area contributed by atoms with Gasteiger partial charge in [-0.3, -0.25) is 4.79 Å². The largest absolute Gasteiger partial charge is 0.475 e. The van der Waals surface area contributed by atoms with E-state index in [-0.39, 0.29) is 36.6 Å². The molecule has 0 spiro atoms. The van der Waals surface area contributed by atoms with E-state index in [2.05, 4.69) is 5.32 Å². The summed E-state index contributed by atoms with van der Waals surface area (Å²) in [5.74, 6) is -1.25. The van der Waals surface area contributed by atoms with Crippen molar-refractivity contribution in [1.29, 1.82) is 5.26 Å². The van der Waals surface area contributed by atoms with Crippen LogP contribution in [0.1, 0.15) is 36.1 Å². The highest BCUT2D eigenvalue weighted by atomic mass is 16.5. The van der Waals surface area contributed by atoms with E-state index in [0.717, 1.165) is 16.7 Å². The van der Waals surface area contributed by atoms with Gasteiger partial charge in [-0.25, -0.2) is 4.79 Å². The number of benzene rings is 2. The maximum absolute atomic E-state index is 13.0. The molecule has 10 heteroatoms. The predicted molar refractivity (Wildman–Crippen MR) is 144 cm³/mol. The van der Waals surface area contributed by atoms with Crippen molar-refractivity contribution in [2.45, 2.75) is 51.6 Å². The van der Waals surface area contributed by atoms with Gasteiger partial charge in [0.2, 0.25) is 0 Å². The Morgan fingerprint density at radius 1 is 1.18 bits per heavy atom. The number of aryl methyl sites for hydroxylation is 1. The third kappa shape index (κ3) is 8.18. The van der Waals surface area contributed by atoms with E-state index in [1.54, 1.807) is 23.1 Å². The molecule has 0 radical (unpaired) electrons. The summed E-state index contributed by atoms with van der Waals surface area (Å²) >= 11 is 0. The summed E-state index contributed by atoms with van der Waals surface area (Å²) in [4.78, 5) is 27.0. The lowest BCUT2D eigenvalue weighted by Gasteiger charge is -2.38. The summed E-state index contributed by atoms with van der Waals surface area (Å²) in [5.41, 5.74) is 3.51. The minimum absolute atomic E-state index is 0.0422. The van der Waals surface area contributed by atoms with Gasteiger partial charge in [0, 0.05) is 6.42 Å². The number of nitriles is 1. The molecule has 1 saturated heterocycles. The number of amides is 2. The minimum atomic E-state index is -1.74. The van der Waals surface area contributed by atoms with Gasteiger partial charge in [-0.05, 0) is 50.0 Å². The maximum Gasteiger partial charge on any atom is 0.475 e. The third-order valence-corrected chi connectivity index (χ3v) is 6.38. The average molecular weight is 519 g/mol. The molecule has 2 amide bonds. The highest BCUT2D eigenvalue weighted by Gasteiger charge is 2.31. The lowest BCUT2D eigenvalue weighted by molar-refractivity contribution is -0.139. The van der Waals surface area contributed by atoms with Crippen LogP contribution in [-0.2, 0) is 27.1 Å². The second kappa shape index (κ2) is 13.8. The Morgan fingerprint density at radius 2 is 1.87 bits per heavy atom. The van der Waals surface area contributed by atoms with Crippen molar-refractivity contribution >= 4 is 25.2 Å². The monoisotopic (exact) mass is 519 g/mol. The number of rotatable bonds is 9. The predicted octanol–water partition coefficient (Wildman–Crippen LogP) is 2.43. The van der Waals surface area contributed by atoms with Crippen LogP contribution in [0.15, 0.2) is 54.1 Å². The van der Waals surface area contributed by atoms with Gasteiger partial charge in [0.25, 0.3) is 5.91 Å². The summed E-state index contributed by atoms with van der Waals surface area (Å²) in [7, 11) is -1.74. The third-order valence-electron chi connectivity index (χ3n) is 6.38. The van der Waals surface area contributed by atoms with E-state index in [1.807, 2.05) is 63.2 Å². The number of nitrogens with one attached hydrogen (secondary N) is 1. The number of morpholine rings is 1. The summed E-state index contributed by atoms with van der Waals surface area (Å²) in [6, 6.07) is 16.6. The molecule has 1 aliphatic rings. The SMILES string of the molecule is Cc1ccc(C[C@H](NC(=O)OCCc2cccc(/C=C(\C#N)C(=O)N3[C@@H](C)COC[C@@H]3C)c2)B(O)O)cc1. The van der Waals surface area contributed by atoms with Crippen LogP contribution < -0.4 is 5.32 Å². The second-order valence-electron chi connectivity index (χ2n) is 9.60. The first kappa shape index (κ1) is 28.9. The Morgan fingerprint density at radius 3 is 2.50 bits per heavy atom. The molecule has 0 aliphatic carbocycles. The molecule has 3 rings (SSSR count). The maximum atomic E-state index is 13.0. The lowest BCUT2D eigenvalue weighted by atomic mass is 9.76. The van der Waals surface area contributed by atoms with Gasteiger partial charge in [-0.1, -0.05) is 54.1 Å². The Hall–Kier alpha value is -3.65. The van der Waals surface area contributed by atoms with Gasteiger partial charge >= 0.3 is 13.2 Å². The van der Waals surface area contributed by atoms with Crippen LogP contribution in [0.5, 0.6) is 0 Å². The highest BCUT2D eigenvalue weighted by Crippen LogP contribution is 2.19. The number of ether oxygens (including phenoxy) is 2. The summed E-state index contributed by atoms with van der Waals surface area (Å²) in [6.07, 6.45) is 1.44. The van der Waals surface area contributed by atoms with E-state index in [4.69, 9.17) is 9.47 Å². The van der Waals surface area contributed by atoms with E-state index in [0.29, 0.717) is 25.2 Å². The van der Waals surface area contributed by atoms with Crippen LogP contribution in [0, 0.1) is 18.3 Å². The van der Waals surface area contributed by atoms with Crippen molar-refractivity contribution < 1.29 is 29.1 Å². The van der Waals surface area contributed by atoms with Crippen molar-refractivity contribution in [3.8, 4) is 6.07 Å². The van der Waals surface area contributed by atoms with E-state index >= 15 is 0 Å². The number of hydrogen-bond donors (Lipinski definition) is 3. The molecule has 1 heterocycles. The number of hydrogen-bond acceptors (Lipinski definition) is 7. The van der Waals surface area contributed by atoms with Gasteiger partial charge in [-0.15, -0.1) is 0 Å². The van der Waals surface area contributed by atoms with Crippen LogP contribution in [0.2, 0.25) is 0 Å². The number of alkyl carbamates (subject to hydrolysis) is 1. The first-order valence-electron chi connectivity index (χ1n) is 12.6. The topological polar surface area (TPSA) is 132 Å². The quantitative estimate of drug-likeness (QED) is 0.263. The van der Waals surface area contributed by atoms with E-state index < -0.39 is 19.2 Å². The van der Waals surface area contributed by atoms with Crippen LogP contribution in [0.25, 0.3) is 6.08 Å². The summed E-state index contributed by atoms with van der Waals surface area (Å²) in [6.45, 7) is 6.67. The van der Waals surface area contributed by atoms with Gasteiger partial charge in [0.05, 0.1) is 37.8 Å². The van der Waals surface area contributed by atoms with Crippen LogP contribution in [-0.4, -0.2) is 71.9 Å². The average Bonchev–Trinajstić information content (AvgIpc) is 2.88. The van der Waals surface area contributed by atoms with Gasteiger partial charge < -0.3 is 29.7 Å². The standard InChI is InChI=1S/C28H34BN3O6/c1-19-7-9-23(10-8-19)15-26(29(35)36)31-28(34)38-12-11-22-5-4-6-24(13-22)14-25(16-30)27(33)32-20(2)17-37-18-21(32)3/h4-10,13-14,20-21,26,35-36H,11-12,15,17-18H2,1-3H3,(H,31,34)/b25-14+/t20-,21-,26-/m0/s1. The Bertz CT molecular complexity index is 1170. The molecule has 0 bridgehead atoms. The lowest BCUT2D eigenvalue weighted by Crippen LogP contribution is -2.52. The minimum Gasteiger partial charge on any atom is -0.449 e. The normalized spacial score (nSPS) is 18.3. The first-order valence-corrected chi connectivity index (χ1v) is 12.6. The molecule has 3 N–H and O–H groups in total. The molecule has 38 heavy (non-hydrogen) atoms. The fourth-order valence-corrected chi connectivity index (χ4v) is 4.35. The van der Waals surface area contributed by atoms with Crippen molar-refractivity contribution in [2.24, 2.45) is 0 Å². The van der Waals surface area contributed by atoms with Crippen molar-refractivity contribution in [3.05, 3.63) is 76.4 Å². The summed E-state index contributed by atoms with van der Waals surface area (Å²) < 4.78 is 10.7. The first-order chi connectivity index (χ1) is 18.2. The van der Waals surface area contributed by atoms with Crippen LogP contribution >= 0.6 is 0 Å². The number of carbonyl (C=O) groups is 2. The van der Waals surface area contributed by atoms with Gasteiger partial charge in [-0.2, -0.15) is 5.26 Å². The molecule has 1 fully saturated rings. The second-order valence-corrected chi connectivity index (χ2v) is 9.60. The van der Waals surface area contributed by atoms with Crippen molar-refractivity contribution in [1.82, 2.24) is 10.2 Å². The fraction of sp³-hybridized carbons (Fsp3) is 0.393. The molecule has 1 aliphatic heterocycles. The molecule has 0 unspecified atom stereocenters. The zero-order valence-corrected chi connectivity index (χ0v) is 22.0. The summed E-state index contributed by atoms with van der Waals surface area (Å²) in [5, 5.41) is 31.5. The smallest absolute Gasteiger partial charge is 0.449 e. The van der Waals surface area contributed by atoms with Crippen molar-refractivity contribution in [2.75, 3.05) is 19.8 Å². The Kier molecular flexibility index (Phi) is 10.5.